The number of nitrogens with zero attached hydrogens (tertiary/aromatic N) is 2. The summed E-state index contributed by atoms with van der Waals surface area (Å²) in [5.74, 6) is -0.220. The van der Waals surface area contributed by atoms with Gasteiger partial charge in [0.05, 0.1) is 19.5 Å². The van der Waals surface area contributed by atoms with E-state index in [-0.39, 0.29) is 5.97 Å². The van der Waals surface area contributed by atoms with Gasteiger partial charge in [-0.3, -0.25) is 0 Å². The van der Waals surface area contributed by atoms with Gasteiger partial charge in [-0.1, -0.05) is 6.92 Å². The molecule has 0 amide bonds. The second-order valence-electron chi connectivity index (χ2n) is 4.21. The fourth-order valence-electron chi connectivity index (χ4n) is 1.63. The van der Waals surface area contributed by atoms with Crippen molar-refractivity contribution in [2.24, 2.45) is 0 Å². The van der Waals surface area contributed by atoms with Crippen LogP contribution in [-0.4, -0.2) is 34.2 Å². The summed E-state index contributed by atoms with van der Waals surface area (Å²) in [6, 6.07) is 0. The van der Waals surface area contributed by atoms with Crippen molar-refractivity contribution >= 4 is 5.97 Å². The average Bonchev–Trinajstić information content (AvgIpc) is 2.79. The van der Waals surface area contributed by atoms with Gasteiger partial charge in [-0.05, 0) is 26.8 Å². The highest BCUT2D eigenvalue weighted by molar-refractivity contribution is 5.80. The van der Waals surface area contributed by atoms with Crippen LogP contribution in [0.5, 0.6) is 0 Å². The molecule has 1 unspecified atom stereocenters. The fourth-order valence-corrected chi connectivity index (χ4v) is 1.63. The second kappa shape index (κ2) is 6.39. The normalized spacial score (nSPS) is 14.3. The molecule has 0 radical (unpaired) electrons. The number of nitrogens with one attached hydrogen (secondary N) is 1. The van der Waals surface area contributed by atoms with Gasteiger partial charge in [-0.2, -0.15) is 0 Å². The smallest absolute Gasteiger partial charge is 0.327 e. The average molecular weight is 239 g/mol. The zero-order valence-corrected chi connectivity index (χ0v) is 10.8. The first-order chi connectivity index (χ1) is 8.12. The minimum atomic E-state index is -0.702. The highest BCUT2D eigenvalue weighted by Crippen LogP contribution is 2.10. The van der Waals surface area contributed by atoms with Crippen molar-refractivity contribution in [2.75, 3.05) is 13.2 Å². The third-order valence-electron chi connectivity index (χ3n) is 2.55. The van der Waals surface area contributed by atoms with Crippen LogP contribution in [0.3, 0.4) is 0 Å². The van der Waals surface area contributed by atoms with Crippen LogP contribution < -0.4 is 5.32 Å². The van der Waals surface area contributed by atoms with Crippen LogP contribution in [0.4, 0.5) is 0 Å². The third-order valence-corrected chi connectivity index (χ3v) is 2.55. The molecule has 0 aliphatic heterocycles. The van der Waals surface area contributed by atoms with Crippen molar-refractivity contribution in [3.63, 3.8) is 0 Å². The van der Waals surface area contributed by atoms with Crippen molar-refractivity contribution in [1.29, 1.82) is 0 Å². The van der Waals surface area contributed by atoms with E-state index >= 15 is 0 Å². The Kier molecular flexibility index (Phi) is 5.15. The van der Waals surface area contributed by atoms with Crippen molar-refractivity contribution in [1.82, 2.24) is 14.9 Å². The number of carbonyl (C=O) groups is 1. The molecule has 1 heterocycles. The van der Waals surface area contributed by atoms with E-state index in [2.05, 4.69) is 17.2 Å². The van der Waals surface area contributed by atoms with Crippen LogP contribution in [0.1, 0.15) is 27.2 Å². The van der Waals surface area contributed by atoms with Gasteiger partial charge in [0.15, 0.2) is 0 Å². The summed E-state index contributed by atoms with van der Waals surface area (Å²) >= 11 is 0. The van der Waals surface area contributed by atoms with Crippen LogP contribution in [-0.2, 0) is 16.1 Å². The van der Waals surface area contributed by atoms with Gasteiger partial charge in [-0.25, -0.2) is 9.78 Å². The molecule has 0 bridgehead atoms. The summed E-state index contributed by atoms with van der Waals surface area (Å²) in [4.78, 5) is 16.0. The van der Waals surface area contributed by atoms with Gasteiger partial charge < -0.3 is 14.6 Å². The summed E-state index contributed by atoms with van der Waals surface area (Å²) in [6.07, 6.45) is 6.21. The topological polar surface area (TPSA) is 56.2 Å². The van der Waals surface area contributed by atoms with Crippen molar-refractivity contribution in [3.8, 4) is 0 Å². The molecule has 1 N–H and O–H groups in total. The first kappa shape index (κ1) is 13.7. The molecule has 1 aromatic heterocycles. The standard InChI is InChI=1S/C12H21N3O2/c1-4-6-14-12(3,11(16)17-5-2)9-15-8-7-13-10-15/h7-8,10,14H,4-6,9H2,1-3H3. The Balaban J connectivity index is 2.73. The van der Waals surface area contributed by atoms with Gasteiger partial charge in [-0.15, -0.1) is 0 Å². The van der Waals surface area contributed by atoms with E-state index in [0.29, 0.717) is 13.2 Å². The van der Waals surface area contributed by atoms with Crippen molar-refractivity contribution in [3.05, 3.63) is 18.7 Å². The number of rotatable bonds is 7. The molecule has 1 aromatic rings. The highest BCUT2D eigenvalue weighted by atomic mass is 16.5. The zero-order valence-electron chi connectivity index (χ0n) is 10.8. The molecule has 1 atom stereocenters. The van der Waals surface area contributed by atoms with Gasteiger partial charge in [0, 0.05) is 12.4 Å². The largest absolute Gasteiger partial charge is 0.465 e. The van der Waals surface area contributed by atoms with Crippen LogP contribution in [0, 0.1) is 0 Å². The molecule has 0 fully saturated rings. The Bertz CT molecular complexity index is 338. The monoisotopic (exact) mass is 239 g/mol. The summed E-state index contributed by atoms with van der Waals surface area (Å²) in [5.41, 5.74) is -0.702. The van der Waals surface area contributed by atoms with Gasteiger partial charge in [0.2, 0.25) is 0 Å². The Hall–Kier alpha value is -1.36. The summed E-state index contributed by atoms with van der Waals surface area (Å²) in [5, 5.41) is 3.25. The Morgan fingerprint density at radius 2 is 2.29 bits per heavy atom. The number of hydrogen-bond acceptors (Lipinski definition) is 4. The second-order valence-corrected chi connectivity index (χ2v) is 4.21. The van der Waals surface area contributed by atoms with Crippen molar-refractivity contribution < 1.29 is 9.53 Å². The van der Waals surface area contributed by atoms with E-state index < -0.39 is 5.54 Å². The number of ether oxygens (including phenoxy) is 1. The van der Waals surface area contributed by atoms with Gasteiger partial charge in [0.25, 0.3) is 0 Å². The molecule has 0 saturated heterocycles. The molecule has 0 aliphatic rings. The maximum absolute atomic E-state index is 12.0. The number of imidazole rings is 1. The van der Waals surface area contributed by atoms with Crippen LogP contribution in [0.15, 0.2) is 18.7 Å². The molecule has 5 heteroatoms. The molecule has 0 aromatic carbocycles. The van der Waals surface area contributed by atoms with E-state index in [1.165, 1.54) is 0 Å². The summed E-state index contributed by atoms with van der Waals surface area (Å²) in [6.45, 7) is 7.44. The first-order valence-electron chi connectivity index (χ1n) is 6.00. The van der Waals surface area contributed by atoms with Crippen molar-refractivity contribution in [2.45, 2.75) is 39.3 Å². The molecule has 0 spiro atoms. The number of aromatic nitrogens is 2. The number of carbonyl (C=O) groups excluding carboxylic acids is 1. The lowest BCUT2D eigenvalue weighted by Gasteiger charge is -2.28. The quantitative estimate of drug-likeness (QED) is 0.726. The van der Waals surface area contributed by atoms with E-state index in [4.69, 9.17) is 4.74 Å². The molecule has 5 nitrogen and oxygen atoms in total. The first-order valence-corrected chi connectivity index (χ1v) is 6.00. The Morgan fingerprint density at radius 1 is 1.53 bits per heavy atom. The van der Waals surface area contributed by atoms with Crippen LogP contribution >= 0.6 is 0 Å². The molecular weight excluding hydrogens is 218 g/mol. The third kappa shape index (κ3) is 3.85. The van der Waals surface area contributed by atoms with E-state index in [1.807, 2.05) is 24.6 Å². The van der Waals surface area contributed by atoms with Gasteiger partial charge >= 0.3 is 5.97 Å². The molecular formula is C12H21N3O2. The summed E-state index contributed by atoms with van der Waals surface area (Å²) in [7, 11) is 0. The maximum Gasteiger partial charge on any atom is 0.327 e. The molecule has 96 valence electrons. The Morgan fingerprint density at radius 3 is 2.82 bits per heavy atom. The number of hydrogen-bond donors (Lipinski definition) is 1. The molecule has 0 aliphatic carbocycles. The van der Waals surface area contributed by atoms with E-state index in [1.54, 1.807) is 12.5 Å². The van der Waals surface area contributed by atoms with E-state index in [9.17, 15) is 4.79 Å². The zero-order chi connectivity index (χ0) is 12.7. The molecule has 1 rings (SSSR count). The summed E-state index contributed by atoms with van der Waals surface area (Å²) < 4.78 is 6.99. The lowest BCUT2D eigenvalue weighted by Crippen LogP contribution is -2.53. The predicted octanol–water partition coefficient (Wildman–Crippen LogP) is 1.20. The Labute approximate surface area is 102 Å². The van der Waals surface area contributed by atoms with E-state index in [0.717, 1.165) is 13.0 Å². The maximum atomic E-state index is 12.0. The number of esters is 1. The minimum absolute atomic E-state index is 0.220. The van der Waals surface area contributed by atoms with Gasteiger partial charge in [0.1, 0.15) is 5.54 Å². The van der Waals surface area contributed by atoms with Crippen LogP contribution in [0.2, 0.25) is 0 Å². The lowest BCUT2D eigenvalue weighted by atomic mass is 10.0. The SMILES string of the molecule is CCCNC(C)(Cn1ccnc1)C(=O)OCC. The predicted molar refractivity (Wildman–Crippen MR) is 65.6 cm³/mol. The molecule has 0 saturated carbocycles. The van der Waals surface area contributed by atoms with Crippen LogP contribution in [0.25, 0.3) is 0 Å². The molecule has 17 heavy (non-hydrogen) atoms. The minimum Gasteiger partial charge on any atom is -0.465 e. The fraction of sp³-hybridized carbons (Fsp3) is 0.667. The highest BCUT2D eigenvalue weighted by Gasteiger charge is 2.34. The lowest BCUT2D eigenvalue weighted by molar-refractivity contribution is -0.151.